The number of carbonyl (C=O) groups is 2. The van der Waals surface area contributed by atoms with Crippen LogP contribution in [0.4, 0.5) is 4.39 Å². The van der Waals surface area contributed by atoms with Crippen molar-refractivity contribution in [2.75, 3.05) is 0 Å². The largest absolute Gasteiger partial charge is 0.480 e. The van der Waals surface area contributed by atoms with Gasteiger partial charge in [-0.15, -0.1) is 0 Å². The lowest BCUT2D eigenvalue weighted by atomic mass is 9.93. The number of carbonyl (C=O) groups excluding carboxylic acids is 1. The van der Waals surface area contributed by atoms with E-state index in [-0.39, 0.29) is 23.6 Å². The van der Waals surface area contributed by atoms with Gasteiger partial charge >= 0.3 is 5.97 Å². The first-order valence-electron chi connectivity index (χ1n) is 7.63. The third-order valence-electron chi connectivity index (χ3n) is 4.42. The van der Waals surface area contributed by atoms with Gasteiger partial charge in [0.15, 0.2) is 0 Å². The number of aliphatic carboxylic acids is 1. The zero-order valence-electron chi connectivity index (χ0n) is 12.9. The first kappa shape index (κ1) is 16.5. The molecule has 0 spiro atoms. The van der Waals surface area contributed by atoms with E-state index in [1.165, 1.54) is 12.1 Å². The van der Waals surface area contributed by atoms with Crippen molar-refractivity contribution in [2.24, 2.45) is 11.8 Å². The molecule has 22 heavy (non-hydrogen) atoms. The SMILES string of the molecule is CC(CCc1cccc(F)c1)C(=O)NC(C)(C(=O)O)C1CC1. The fraction of sp³-hybridized carbons (Fsp3) is 0.529. The van der Waals surface area contributed by atoms with Crippen LogP contribution in [0.2, 0.25) is 0 Å². The monoisotopic (exact) mass is 307 g/mol. The third kappa shape index (κ3) is 3.84. The lowest BCUT2D eigenvalue weighted by Crippen LogP contribution is -2.55. The van der Waals surface area contributed by atoms with Crippen LogP contribution in [0.5, 0.6) is 0 Å². The van der Waals surface area contributed by atoms with E-state index in [9.17, 15) is 19.1 Å². The van der Waals surface area contributed by atoms with E-state index in [2.05, 4.69) is 5.32 Å². The Morgan fingerprint density at radius 2 is 2.14 bits per heavy atom. The van der Waals surface area contributed by atoms with E-state index in [4.69, 9.17) is 0 Å². The third-order valence-corrected chi connectivity index (χ3v) is 4.42. The minimum atomic E-state index is -1.18. The molecular weight excluding hydrogens is 285 g/mol. The highest BCUT2D eigenvalue weighted by atomic mass is 19.1. The number of carboxylic acids is 1. The predicted octanol–water partition coefficient (Wildman–Crippen LogP) is 2.76. The number of aryl methyl sites for hydroxylation is 1. The number of amides is 1. The van der Waals surface area contributed by atoms with Crippen LogP contribution < -0.4 is 5.32 Å². The average molecular weight is 307 g/mol. The molecule has 0 bridgehead atoms. The van der Waals surface area contributed by atoms with Crippen molar-refractivity contribution in [3.8, 4) is 0 Å². The Bertz CT molecular complexity index is 571. The smallest absolute Gasteiger partial charge is 0.329 e. The summed E-state index contributed by atoms with van der Waals surface area (Å²) in [6, 6.07) is 6.30. The Hall–Kier alpha value is -1.91. The van der Waals surface area contributed by atoms with Crippen molar-refractivity contribution in [3.63, 3.8) is 0 Å². The molecule has 1 aliphatic carbocycles. The fourth-order valence-electron chi connectivity index (χ4n) is 2.58. The van der Waals surface area contributed by atoms with E-state index >= 15 is 0 Å². The van der Waals surface area contributed by atoms with Crippen LogP contribution in [-0.4, -0.2) is 22.5 Å². The maximum atomic E-state index is 13.1. The Labute approximate surface area is 129 Å². The molecule has 0 aliphatic heterocycles. The van der Waals surface area contributed by atoms with Crippen LogP contribution in [0, 0.1) is 17.7 Å². The van der Waals surface area contributed by atoms with Crippen molar-refractivity contribution in [2.45, 2.75) is 45.1 Å². The summed E-state index contributed by atoms with van der Waals surface area (Å²) < 4.78 is 13.1. The molecule has 120 valence electrons. The highest BCUT2D eigenvalue weighted by Gasteiger charge is 2.48. The molecule has 0 radical (unpaired) electrons. The van der Waals surface area contributed by atoms with Crippen LogP contribution in [0.15, 0.2) is 24.3 Å². The minimum absolute atomic E-state index is 0.0179. The summed E-state index contributed by atoms with van der Waals surface area (Å²) in [4.78, 5) is 23.7. The van der Waals surface area contributed by atoms with Gasteiger partial charge in [0.1, 0.15) is 11.4 Å². The number of carboxylic acid groups (broad SMARTS) is 1. The molecule has 5 heteroatoms. The molecule has 1 amide bonds. The summed E-state index contributed by atoms with van der Waals surface area (Å²) in [6.07, 6.45) is 2.80. The van der Waals surface area contributed by atoms with Crippen LogP contribution in [0.3, 0.4) is 0 Å². The summed E-state index contributed by atoms with van der Waals surface area (Å²) in [7, 11) is 0. The summed E-state index contributed by atoms with van der Waals surface area (Å²) >= 11 is 0. The van der Waals surface area contributed by atoms with Gasteiger partial charge in [0.25, 0.3) is 0 Å². The van der Waals surface area contributed by atoms with E-state index < -0.39 is 11.5 Å². The van der Waals surface area contributed by atoms with Crippen molar-refractivity contribution in [1.29, 1.82) is 0 Å². The van der Waals surface area contributed by atoms with E-state index in [1.54, 1.807) is 19.9 Å². The molecule has 1 aliphatic rings. The van der Waals surface area contributed by atoms with Gasteiger partial charge in [0.2, 0.25) is 5.91 Å². The quantitative estimate of drug-likeness (QED) is 0.814. The Morgan fingerprint density at radius 3 is 2.68 bits per heavy atom. The normalized spacial score (nSPS) is 18.3. The molecule has 0 saturated heterocycles. The maximum absolute atomic E-state index is 13.1. The number of hydrogen-bond donors (Lipinski definition) is 2. The van der Waals surface area contributed by atoms with Gasteiger partial charge in [0, 0.05) is 5.92 Å². The fourth-order valence-corrected chi connectivity index (χ4v) is 2.58. The lowest BCUT2D eigenvalue weighted by Gasteiger charge is -2.27. The van der Waals surface area contributed by atoms with Gasteiger partial charge < -0.3 is 10.4 Å². The molecule has 1 saturated carbocycles. The summed E-state index contributed by atoms with van der Waals surface area (Å²) in [5.41, 5.74) is -0.340. The number of rotatable bonds is 7. The van der Waals surface area contributed by atoms with Crippen LogP contribution in [-0.2, 0) is 16.0 Å². The van der Waals surface area contributed by atoms with Crippen molar-refractivity contribution >= 4 is 11.9 Å². The van der Waals surface area contributed by atoms with Crippen LogP contribution >= 0.6 is 0 Å². The van der Waals surface area contributed by atoms with Gasteiger partial charge in [0.05, 0.1) is 0 Å². The Balaban J connectivity index is 1.90. The number of nitrogens with one attached hydrogen (secondary N) is 1. The molecule has 0 aromatic heterocycles. The molecule has 2 rings (SSSR count). The van der Waals surface area contributed by atoms with E-state index in [1.807, 2.05) is 6.07 Å². The zero-order chi connectivity index (χ0) is 16.3. The first-order chi connectivity index (χ1) is 10.3. The molecular formula is C17H22FNO3. The lowest BCUT2D eigenvalue weighted by molar-refractivity contribution is -0.148. The maximum Gasteiger partial charge on any atom is 0.329 e. The molecule has 2 N–H and O–H groups in total. The molecule has 1 aromatic rings. The Kier molecular flexibility index (Phi) is 4.84. The summed E-state index contributed by atoms with van der Waals surface area (Å²) in [6.45, 7) is 3.34. The second-order valence-electron chi connectivity index (χ2n) is 6.34. The number of hydrogen-bond acceptors (Lipinski definition) is 2. The predicted molar refractivity (Wildman–Crippen MR) is 80.8 cm³/mol. The standard InChI is InChI=1S/C17H22FNO3/c1-11(6-7-12-4-3-5-14(18)10-12)15(20)19-17(2,16(21)22)13-8-9-13/h3-5,10-11,13H,6-9H2,1-2H3,(H,19,20)(H,21,22). The second kappa shape index (κ2) is 6.46. The van der Waals surface area contributed by atoms with Crippen LogP contribution in [0.25, 0.3) is 0 Å². The van der Waals surface area contributed by atoms with Gasteiger partial charge in [-0.3, -0.25) is 4.79 Å². The molecule has 2 unspecified atom stereocenters. The highest BCUT2D eigenvalue weighted by molar-refractivity contribution is 5.88. The summed E-state index contributed by atoms with van der Waals surface area (Å²) in [5.74, 6) is -1.83. The van der Waals surface area contributed by atoms with Crippen molar-refractivity contribution < 1.29 is 19.1 Å². The first-order valence-corrected chi connectivity index (χ1v) is 7.63. The molecule has 0 heterocycles. The van der Waals surface area contributed by atoms with Gasteiger partial charge in [-0.1, -0.05) is 19.1 Å². The van der Waals surface area contributed by atoms with Crippen LogP contribution in [0.1, 0.15) is 38.7 Å². The minimum Gasteiger partial charge on any atom is -0.480 e. The zero-order valence-corrected chi connectivity index (χ0v) is 12.9. The second-order valence-corrected chi connectivity index (χ2v) is 6.34. The summed E-state index contributed by atoms with van der Waals surface area (Å²) in [5, 5.41) is 12.0. The van der Waals surface area contributed by atoms with E-state index in [0.29, 0.717) is 12.8 Å². The average Bonchev–Trinajstić information content (AvgIpc) is 3.29. The van der Waals surface area contributed by atoms with Gasteiger partial charge in [-0.2, -0.15) is 0 Å². The Morgan fingerprint density at radius 1 is 1.45 bits per heavy atom. The van der Waals surface area contributed by atoms with Crippen molar-refractivity contribution in [1.82, 2.24) is 5.32 Å². The van der Waals surface area contributed by atoms with Gasteiger partial charge in [-0.25, -0.2) is 9.18 Å². The number of benzene rings is 1. The van der Waals surface area contributed by atoms with Crippen molar-refractivity contribution in [3.05, 3.63) is 35.6 Å². The topological polar surface area (TPSA) is 66.4 Å². The molecule has 1 fully saturated rings. The molecule has 4 nitrogen and oxygen atoms in total. The van der Waals surface area contributed by atoms with Gasteiger partial charge in [-0.05, 0) is 56.2 Å². The number of halogens is 1. The highest BCUT2D eigenvalue weighted by Crippen LogP contribution is 2.39. The van der Waals surface area contributed by atoms with E-state index in [0.717, 1.165) is 18.4 Å². The molecule has 2 atom stereocenters. The molecule has 1 aromatic carbocycles.